The largest absolute Gasteiger partial charge is 0.352 e. The second kappa shape index (κ2) is 8.15. The van der Waals surface area contributed by atoms with Crippen molar-refractivity contribution in [2.75, 3.05) is 13.1 Å². The van der Waals surface area contributed by atoms with Gasteiger partial charge in [-0.05, 0) is 58.4 Å². The maximum atomic E-state index is 12.3. The van der Waals surface area contributed by atoms with Gasteiger partial charge in [0.15, 0.2) is 0 Å². The third kappa shape index (κ3) is 5.42. The Balaban J connectivity index is 1.50. The SMILES string of the molecule is CC(C)(C)NC(=O)CN1[C@@H]2CC[C@H]1CC(CNC(=O)c1cncc(Cl)c1)C2. The van der Waals surface area contributed by atoms with Crippen LogP contribution in [0.15, 0.2) is 18.5 Å². The first-order valence-electron chi connectivity index (χ1n) is 9.67. The fourth-order valence-corrected chi connectivity index (χ4v) is 4.48. The molecule has 1 unspecified atom stereocenters. The molecule has 1 aromatic rings. The minimum absolute atomic E-state index is 0.0969. The first-order chi connectivity index (χ1) is 12.7. The summed E-state index contributed by atoms with van der Waals surface area (Å²) in [6.45, 7) is 7.14. The molecule has 3 heterocycles. The van der Waals surface area contributed by atoms with Crippen molar-refractivity contribution in [3.05, 3.63) is 29.0 Å². The van der Waals surface area contributed by atoms with E-state index in [0.717, 1.165) is 25.7 Å². The number of hydrogen-bond acceptors (Lipinski definition) is 4. The molecular weight excluding hydrogens is 364 g/mol. The molecule has 2 bridgehead atoms. The van der Waals surface area contributed by atoms with Gasteiger partial charge >= 0.3 is 0 Å². The Morgan fingerprint density at radius 2 is 1.89 bits per heavy atom. The van der Waals surface area contributed by atoms with Gasteiger partial charge in [-0.25, -0.2) is 0 Å². The van der Waals surface area contributed by atoms with Crippen LogP contribution in [-0.2, 0) is 4.79 Å². The summed E-state index contributed by atoms with van der Waals surface area (Å²) >= 11 is 5.90. The number of hydrogen-bond donors (Lipinski definition) is 2. The van der Waals surface area contributed by atoms with Crippen LogP contribution in [0.1, 0.15) is 56.8 Å². The zero-order valence-corrected chi connectivity index (χ0v) is 17.1. The standard InChI is InChI=1S/C20H29ClN4O2/c1-20(2,3)24-18(26)12-25-16-4-5-17(25)7-13(6-16)9-23-19(27)14-8-15(21)11-22-10-14/h8,10-11,13,16-17H,4-7,9,12H2,1-3H3,(H,23,27)(H,24,26)/t13?,16-,17+. The van der Waals surface area contributed by atoms with Crippen LogP contribution in [0.25, 0.3) is 0 Å². The van der Waals surface area contributed by atoms with Gasteiger partial charge in [0.2, 0.25) is 5.91 Å². The van der Waals surface area contributed by atoms with Crippen molar-refractivity contribution >= 4 is 23.4 Å². The van der Waals surface area contributed by atoms with Crippen LogP contribution in [0.4, 0.5) is 0 Å². The van der Waals surface area contributed by atoms with Gasteiger partial charge in [0.25, 0.3) is 5.91 Å². The summed E-state index contributed by atoms with van der Waals surface area (Å²) in [5.41, 5.74) is 0.287. The highest BCUT2D eigenvalue weighted by atomic mass is 35.5. The normalized spacial score (nSPS) is 25.3. The number of carbonyl (C=O) groups excluding carboxylic acids is 2. The number of nitrogens with zero attached hydrogens (tertiary/aromatic N) is 2. The Morgan fingerprint density at radius 3 is 2.48 bits per heavy atom. The van der Waals surface area contributed by atoms with E-state index in [-0.39, 0.29) is 17.4 Å². The second-order valence-corrected chi connectivity index (χ2v) is 9.23. The van der Waals surface area contributed by atoms with Crippen molar-refractivity contribution < 1.29 is 9.59 Å². The lowest BCUT2D eigenvalue weighted by Gasteiger charge is -2.39. The van der Waals surface area contributed by atoms with Crippen molar-refractivity contribution in [3.8, 4) is 0 Å². The highest BCUT2D eigenvalue weighted by molar-refractivity contribution is 6.30. The van der Waals surface area contributed by atoms with Crippen molar-refractivity contribution in [3.63, 3.8) is 0 Å². The fourth-order valence-electron chi connectivity index (χ4n) is 4.31. The molecule has 2 amide bonds. The molecule has 2 aliphatic heterocycles. The lowest BCUT2D eigenvalue weighted by Crippen LogP contribution is -2.52. The second-order valence-electron chi connectivity index (χ2n) is 8.79. The van der Waals surface area contributed by atoms with Gasteiger partial charge in [0.05, 0.1) is 17.1 Å². The van der Waals surface area contributed by atoms with E-state index in [2.05, 4.69) is 20.5 Å². The quantitative estimate of drug-likeness (QED) is 0.807. The average molecular weight is 393 g/mol. The van der Waals surface area contributed by atoms with Crippen LogP contribution < -0.4 is 10.6 Å². The van der Waals surface area contributed by atoms with Gasteiger partial charge < -0.3 is 10.6 Å². The number of fused-ring (bicyclic) bond motifs is 2. The number of amides is 2. The predicted octanol–water partition coefficient (Wildman–Crippen LogP) is 2.62. The van der Waals surface area contributed by atoms with Crippen molar-refractivity contribution in [2.24, 2.45) is 5.92 Å². The number of carbonyl (C=O) groups is 2. The first kappa shape index (κ1) is 20.1. The Bertz CT molecular complexity index is 689. The lowest BCUT2D eigenvalue weighted by atomic mass is 9.90. The molecule has 27 heavy (non-hydrogen) atoms. The molecular formula is C20H29ClN4O2. The fraction of sp³-hybridized carbons (Fsp3) is 0.650. The number of pyridine rings is 1. The molecule has 148 valence electrons. The number of aromatic nitrogens is 1. The summed E-state index contributed by atoms with van der Waals surface area (Å²) in [6.07, 6.45) is 7.36. The van der Waals surface area contributed by atoms with E-state index in [4.69, 9.17) is 11.6 Å². The van der Waals surface area contributed by atoms with E-state index in [0.29, 0.717) is 41.7 Å². The maximum Gasteiger partial charge on any atom is 0.252 e. The van der Waals surface area contributed by atoms with Gasteiger partial charge in [-0.1, -0.05) is 11.6 Å². The number of halogens is 1. The van der Waals surface area contributed by atoms with Crippen LogP contribution >= 0.6 is 11.6 Å². The Morgan fingerprint density at radius 1 is 1.22 bits per heavy atom. The van der Waals surface area contributed by atoms with Gasteiger partial charge in [-0.3, -0.25) is 19.5 Å². The van der Waals surface area contributed by atoms with Crippen molar-refractivity contribution in [2.45, 2.75) is 64.1 Å². The molecule has 7 heteroatoms. The zero-order valence-electron chi connectivity index (χ0n) is 16.3. The molecule has 1 aromatic heterocycles. The van der Waals surface area contributed by atoms with Gasteiger partial charge in [-0.2, -0.15) is 0 Å². The Kier molecular flexibility index (Phi) is 6.06. The summed E-state index contributed by atoms with van der Waals surface area (Å²) in [5, 5.41) is 6.53. The monoisotopic (exact) mass is 392 g/mol. The minimum Gasteiger partial charge on any atom is -0.352 e. The van der Waals surface area contributed by atoms with E-state index in [1.165, 1.54) is 12.4 Å². The molecule has 0 aromatic carbocycles. The number of rotatable bonds is 5. The van der Waals surface area contributed by atoms with E-state index < -0.39 is 0 Å². The average Bonchev–Trinajstić information content (AvgIpc) is 2.80. The van der Waals surface area contributed by atoms with Crippen LogP contribution in [0, 0.1) is 5.92 Å². The van der Waals surface area contributed by atoms with Gasteiger partial charge in [0, 0.05) is 36.6 Å². The van der Waals surface area contributed by atoms with Crippen LogP contribution in [0.3, 0.4) is 0 Å². The summed E-state index contributed by atoms with van der Waals surface area (Å²) < 4.78 is 0. The Labute approximate surface area is 166 Å². The molecule has 3 atom stereocenters. The van der Waals surface area contributed by atoms with Crippen LogP contribution in [0.2, 0.25) is 5.02 Å². The van der Waals surface area contributed by atoms with Gasteiger partial charge in [0.1, 0.15) is 0 Å². The molecule has 6 nitrogen and oxygen atoms in total. The summed E-state index contributed by atoms with van der Waals surface area (Å²) in [7, 11) is 0. The lowest BCUT2D eigenvalue weighted by molar-refractivity contribution is -0.125. The number of piperidine rings is 1. The predicted molar refractivity (Wildman–Crippen MR) is 106 cm³/mol. The van der Waals surface area contributed by atoms with Crippen molar-refractivity contribution in [1.29, 1.82) is 0 Å². The zero-order chi connectivity index (χ0) is 19.6. The molecule has 2 N–H and O–H groups in total. The molecule has 2 fully saturated rings. The third-order valence-corrected chi connectivity index (χ3v) is 5.55. The third-order valence-electron chi connectivity index (χ3n) is 5.34. The van der Waals surface area contributed by atoms with E-state index >= 15 is 0 Å². The molecule has 0 radical (unpaired) electrons. The molecule has 2 saturated heterocycles. The highest BCUT2D eigenvalue weighted by Crippen LogP contribution is 2.38. The molecule has 0 spiro atoms. The molecule has 2 aliphatic rings. The number of nitrogens with one attached hydrogen (secondary N) is 2. The molecule has 0 saturated carbocycles. The summed E-state index contributed by atoms with van der Waals surface area (Å²) in [4.78, 5) is 30.9. The van der Waals surface area contributed by atoms with Crippen molar-refractivity contribution in [1.82, 2.24) is 20.5 Å². The topological polar surface area (TPSA) is 74.3 Å². The smallest absolute Gasteiger partial charge is 0.252 e. The summed E-state index contributed by atoms with van der Waals surface area (Å²) in [5.74, 6) is 0.407. The highest BCUT2D eigenvalue weighted by Gasteiger charge is 2.41. The Hall–Kier alpha value is -1.66. The van der Waals surface area contributed by atoms with Crippen LogP contribution in [-0.4, -0.2) is 52.4 Å². The first-order valence-corrected chi connectivity index (χ1v) is 10.0. The minimum atomic E-state index is -0.200. The van der Waals surface area contributed by atoms with E-state index in [1.54, 1.807) is 6.07 Å². The maximum absolute atomic E-state index is 12.3. The van der Waals surface area contributed by atoms with Gasteiger partial charge in [-0.15, -0.1) is 0 Å². The van der Waals surface area contributed by atoms with E-state index in [9.17, 15) is 9.59 Å². The molecule has 0 aliphatic carbocycles. The van der Waals surface area contributed by atoms with E-state index in [1.807, 2.05) is 20.8 Å². The van der Waals surface area contributed by atoms with Crippen LogP contribution in [0.5, 0.6) is 0 Å². The molecule has 3 rings (SSSR count). The summed E-state index contributed by atoms with van der Waals surface area (Å²) in [6, 6.07) is 2.50.